The van der Waals surface area contributed by atoms with E-state index in [9.17, 15) is 4.79 Å². The van der Waals surface area contributed by atoms with Gasteiger partial charge < -0.3 is 24.3 Å². The Bertz CT molecular complexity index is 1050. The van der Waals surface area contributed by atoms with E-state index in [0.717, 1.165) is 5.69 Å². The maximum absolute atomic E-state index is 12.0. The molecule has 8 nitrogen and oxygen atoms in total. The summed E-state index contributed by atoms with van der Waals surface area (Å²) in [5.41, 5.74) is 1.99. The Balaban J connectivity index is 1.75. The predicted octanol–water partition coefficient (Wildman–Crippen LogP) is 5.12. The molecule has 9 heteroatoms. The molecule has 3 rings (SSSR count). The van der Waals surface area contributed by atoms with E-state index in [2.05, 4.69) is 15.3 Å². The summed E-state index contributed by atoms with van der Waals surface area (Å²) >= 11 is 6.42. The summed E-state index contributed by atoms with van der Waals surface area (Å²) in [7, 11) is 2.99. The average molecular weight is 458 g/mol. The number of carbonyl (C=O) groups excluding carboxylic acids is 1. The molecule has 0 amide bonds. The number of anilines is 1. The number of rotatable bonds is 9. The molecular weight excluding hydrogens is 434 g/mol. The number of ether oxygens (including phenoxy) is 4. The van der Waals surface area contributed by atoms with Gasteiger partial charge in [0.1, 0.15) is 5.75 Å². The fourth-order valence-electron chi connectivity index (χ4n) is 2.74. The second-order valence-corrected chi connectivity index (χ2v) is 7.35. The van der Waals surface area contributed by atoms with Crippen LogP contribution in [0.5, 0.6) is 23.5 Å². The van der Waals surface area contributed by atoms with Gasteiger partial charge in [-0.05, 0) is 50.2 Å². The standard InChI is InChI=1S/C23H24ClN3O5/c1-14(2)31-22(28)15-8-10-16(11-9-15)25-13-17-18(24)6-5-7-19(17)32-23-26-20(29-3)12-21(27-23)30-4/h5-12,14,25H,13H2,1-4H3. The first-order valence-corrected chi connectivity index (χ1v) is 10.2. The van der Waals surface area contributed by atoms with E-state index in [-0.39, 0.29) is 18.1 Å². The topological polar surface area (TPSA) is 91.8 Å². The first-order chi connectivity index (χ1) is 15.4. The van der Waals surface area contributed by atoms with Gasteiger partial charge in [0.05, 0.1) is 32.0 Å². The first kappa shape index (κ1) is 23.1. The van der Waals surface area contributed by atoms with Gasteiger partial charge in [-0.25, -0.2) is 4.79 Å². The highest BCUT2D eigenvalue weighted by Crippen LogP contribution is 2.31. The first-order valence-electron chi connectivity index (χ1n) is 9.86. The van der Waals surface area contributed by atoms with Crippen LogP contribution in [0.2, 0.25) is 5.02 Å². The Kier molecular flexibility index (Phi) is 7.72. The van der Waals surface area contributed by atoms with Crippen LogP contribution >= 0.6 is 11.6 Å². The molecule has 0 fully saturated rings. The quantitative estimate of drug-likeness (QED) is 0.443. The summed E-state index contributed by atoms with van der Waals surface area (Å²) in [5, 5.41) is 3.79. The number of aromatic nitrogens is 2. The van der Waals surface area contributed by atoms with E-state index in [4.69, 9.17) is 30.5 Å². The third-order valence-electron chi connectivity index (χ3n) is 4.29. The minimum atomic E-state index is -0.359. The minimum absolute atomic E-state index is 0.0673. The largest absolute Gasteiger partial charge is 0.481 e. The summed E-state index contributed by atoms with van der Waals surface area (Å²) in [6, 6.07) is 13.9. The third-order valence-corrected chi connectivity index (χ3v) is 4.64. The van der Waals surface area contributed by atoms with Crippen LogP contribution < -0.4 is 19.5 Å². The summed E-state index contributed by atoms with van der Waals surface area (Å²) in [6.45, 7) is 3.99. The number of nitrogens with one attached hydrogen (secondary N) is 1. The molecule has 0 radical (unpaired) electrons. The lowest BCUT2D eigenvalue weighted by atomic mass is 10.1. The number of carbonyl (C=O) groups is 1. The zero-order valence-corrected chi connectivity index (χ0v) is 19.0. The second kappa shape index (κ2) is 10.7. The van der Waals surface area contributed by atoms with Crippen LogP contribution in [0.15, 0.2) is 48.5 Å². The number of nitrogens with zero attached hydrogens (tertiary/aromatic N) is 2. The molecule has 0 aliphatic rings. The molecule has 0 bridgehead atoms. The van der Waals surface area contributed by atoms with Crippen molar-refractivity contribution in [1.82, 2.24) is 9.97 Å². The van der Waals surface area contributed by atoms with Crippen LogP contribution in [0, 0.1) is 0 Å². The molecule has 0 spiro atoms. The van der Waals surface area contributed by atoms with E-state index in [1.165, 1.54) is 14.2 Å². The summed E-state index contributed by atoms with van der Waals surface area (Å²) in [5.74, 6) is 0.744. The van der Waals surface area contributed by atoms with Gasteiger partial charge in [-0.1, -0.05) is 17.7 Å². The minimum Gasteiger partial charge on any atom is -0.481 e. The Hall–Kier alpha value is -3.52. The monoisotopic (exact) mass is 457 g/mol. The maximum atomic E-state index is 12.0. The average Bonchev–Trinajstić information content (AvgIpc) is 2.78. The molecule has 0 unspecified atom stereocenters. The Morgan fingerprint density at radius 1 is 1.03 bits per heavy atom. The molecule has 0 aliphatic heterocycles. The molecule has 1 aromatic heterocycles. The van der Waals surface area contributed by atoms with Gasteiger partial charge in [-0.15, -0.1) is 0 Å². The molecule has 0 aliphatic carbocycles. The zero-order chi connectivity index (χ0) is 23.1. The Labute approximate surface area is 191 Å². The van der Waals surface area contributed by atoms with Gasteiger partial charge in [0.15, 0.2) is 0 Å². The Morgan fingerprint density at radius 3 is 2.28 bits per heavy atom. The van der Waals surface area contributed by atoms with Gasteiger partial charge in [0.25, 0.3) is 0 Å². The summed E-state index contributed by atoms with van der Waals surface area (Å²) < 4.78 is 21.4. The number of halogens is 1. The lowest BCUT2D eigenvalue weighted by molar-refractivity contribution is 0.0378. The van der Waals surface area contributed by atoms with E-state index in [0.29, 0.717) is 40.2 Å². The van der Waals surface area contributed by atoms with Crippen molar-refractivity contribution in [2.24, 2.45) is 0 Å². The fourth-order valence-corrected chi connectivity index (χ4v) is 2.97. The lowest BCUT2D eigenvalue weighted by Crippen LogP contribution is -2.11. The molecule has 0 saturated carbocycles. The lowest BCUT2D eigenvalue weighted by Gasteiger charge is -2.14. The second-order valence-electron chi connectivity index (χ2n) is 6.94. The molecule has 32 heavy (non-hydrogen) atoms. The summed E-state index contributed by atoms with van der Waals surface area (Å²) in [4.78, 5) is 20.4. The smallest absolute Gasteiger partial charge is 0.338 e. The van der Waals surface area contributed by atoms with Crippen molar-refractivity contribution in [2.45, 2.75) is 26.5 Å². The SMILES string of the molecule is COc1cc(OC)nc(Oc2cccc(Cl)c2CNc2ccc(C(=O)OC(C)C)cc2)n1. The highest BCUT2D eigenvalue weighted by molar-refractivity contribution is 6.31. The van der Waals surface area contributed by atoms with Crippen LogP contribution in [0.4, 0.5) is 5.69 Å². The van der Waals surface area contributed by atoms with E-state index in [1.807, 2.05) is 13.8 Å². The number of esters is 1. The Morgan fingerprint density at radius 2 is 1.69 bits per heavy atom. The van der Waals surface area contributed by atoms with Gasteiger partial charge in [-0.3, -0.25) is 0 Å². The van der Waals surface area contributed by atoms with Crippen molar-refractivity contribution in [2.75, 3.05) is 19.5 Å². The van der Waals surface area contributed by atoms with Crippen molar-refractivity contribution in [3.63, 3.8) is 0 Å². The number of hydrogen-bond donors (Lipinski definition) is 1. The van der Waals surface area contributed by atoms with Crippen LogP contribution in [-0.2, 0) is 11.3 Å². The van der Waals surface area contributed by atoms with Crippen molar-refractivity contribution in [3.8, 4) is 23.5 Å². The van der Waals surface area contributed by atoms with Crippen LogP contribution in [-0.4, -0.2) is 36.3 Å². The molecule has 3 aromatic rings. The van der Waals surface area contributed by atoms with E-state index < -0.39 is 0 Å². The molecule has 1 heterocycles. The molecule has 0 atom stereocenters. The molecule has 0 saturated heterocycles. The van der Waals surface area contributed by atoms with Crippen molar-refractivity contribution < 1.29 is 23.7 Å². The van der Waals surface area contributed by atoms with Crippen LogP contribution in [0.3, 0.4) is 0 Å². The predicted molar refractivity (Wildman–Crippen MR) is 121 cm³/mol. The van der Waals surface area contributed by atoms with E-state index in [1.54, 1.807) is 48.5 Å². The summed E-state index contributed by atoms with van der Waals surface area (Å²) in [6.07, 6.45) is -0.174. The number of benzene rings is 2. The maximum Gasteiger partial charge on any atom is 0.338 e. The highest BCUT2D eigenvalue weighted by Gasteiger charge is 2.14. The zero-order valence-electron chi connectivity index (χ0n) is 18.2. The molecule has 1 N–H and O–H groups in total. The van der Waals surface area contributed by atoms with Crippen molar-refractivity contribution in [3.05, 3.63) is 64.7 Å². The number of methoxy groups -OCH3 is 2. The molecule has 2 aromatic carbocycles. The van der Waals surface area contributed by atoms with Gasteiger partial charge >= 0.3 is 12.0 Å². The van der Waals surface area contributed by atoms with Gasteiger partial charge in [-0.2, -0.15) is 9.97 Å². The van der Waals surface area contributed by atoms with Crippen molar-refractivity contribution >= 4 is 23.3 Å². The highest BCUT2D eigenvalue weighted by atomic mass is 35.5. The van der Waals surface area contributed by atoms with Crippen LogP contribution in [0.1, 0.15) is 29.8 Å². The fraction of sp³-hybridized carbons (Fsp3) is 0.261. The van der Waals surface area contributed by atoms with Crippen molar-refractivity contribution in [1.29, 1.82) is 0 Å². The van der Waals surface area contributed by atoms with Crippen LogP contribution in [0.25, 0.3) is 0 Å². The van der Waals surface area contributed by atoms with Gasteiger partial charge in [0, 0.05) is 22.8 Å². The molecular formula is C23H24ClN3O5. The van der Waals surface area contributed by atoms with Gasteiger partial charge in [0.2, 0.25) is 11.8 Å². The number of hydrogen-bond acceptors (Lipinski definition) is 8. The van der Waals surface area contributed by atoms with E-state index >= 15 is 0 Å². The molecule has 168 valence electrons. The normalized spacial score (nSPS) is 10.6. The third kappa shape index (κ3) is 6.01.